The van der Waals surface area contributed by atoms with Gasteiger partial charge in [-0.1, -0.05) is 50.6 Å². The first-order valence-electron chi connectivity index (χ1n) is 5.71. The van der Waals surface area contributed by atoms with Crippen molar-refractivity contribution in [2.24, 2.45) is 5.73 Å². The Morgan fingerprint density at radius 3 is 2.44 bits per heavy atom. The van der Waals surface area contributed by atoms with Crippen molar-refractivity contribution in [2.45, 2.75) is 43.7 Å². The van der Waals surface area contributed by atoms with Crippen molar-refractivity contribution in [3.8, 4) is 0 Å². The van der Waals surface area contributed by atoms with Crippen LogP contribution in [0.3, 0.4) is 0 Å². The lowest BCUT2D eigenvalue weighted by atomic mass is 10.0. The van der Waals surface area contributed by atoms with Crippen LogP contribution >= 0.6 is 23.4 Å². The number of halogens is 1. The van der Waals surface area contributed by atoms with Gasteiger partial charge in [-0.15, -0.1) is 11.8 Å². The van der Waals surface area contributed by atoms with Crippen molar-refractivity contribution in [3.05, 3.63) is 34.9 Å². The van der Waals surface area contributed by atoms with Crippen LogP contribution in [0, 0.1) is 0 Å². The summed E-state index contributed by atoms with van der Waals surface area (Å²) in [5.41, 5.74) is 7.35. The summed E-state index contributed by atoms with van der Waals surface area (Å²) in [6.45, 7) is 6.50. The summed E-state index contributed by atoms with van der Waals surface area (Å²) in [7, 11) is 0. The minimum absolute atomic E-state index is 0.160. The van der Waals surface area contributed by atoms with E-state index >= 15 is 0 Å². The van der Waals surface area contributed by atoms with E-state index in [1.807, 2.05) is 30.0 Å². The molecule has 0 bridgehead atoms. The lowest BCUT2D eigenvalue weighted by molar-refractivity contribution is 0.633. The second-order valence-corrected chi connectivity index (χ2v) is 6.33. The molecule has 2 unspecified atom stereocenters. The van der Waals surface area contributed by atoms with Gasteiger partial charge in [0.25, 0.3) is 0 Å². The Kier molecular flexibility index (Phi) is 5.67. The maximum Gasteiger partial charge on any atom is 0.0465 e. The van der Waals surface area contributed by atoms with Gasteiger partial charge in [-0.05, 0) is 23.3 Å². The number of nitrogens with two attached hydrogens (primary N) is 1. The largest absolute Gasteiger partial charge is 0.326 e. The van der Waals surface area contributed by atoms with Gasteiger partial charge in [-0.25, -0.2) is 0 Å². The fourth-order valence-electron chi connectivity index (χ4n) is 1.62. The molecular formula is C13H20ClNS. The number of benzene rings is 1. The highest BCUT2D eigenvalue weighted by Crippen LogP contribution is 2.38. The minimum Gasteiger partial charge on any atom is -0.326 e. The molecule has 2 N–H and O–H groups in total. The van der Waals surface area contributed by atoms with Crippen molar-refractivity contribution in [2.75, 3.05) is 0 Å². The van der Waals surface area contributed by atoms with Crippen LogP contribution in [0.15, 0.2) is 24.3 Å². The van der Waals surface area contributed by atoms with E-state index in [-0.39, 0.29) is 6.04 Å². The van der Waals surface area contributed by atoms with Crippen LogP contribution in [0.2, 0.25) is 5.02 Å². The van der Waals surface area contributed by atoms with E-state index in [4.69, 9.17) is 17.3 Å². The van der Waals surface area contributed by atoms with Gasteiger partial charge in [0, 0.05) is 16.3 Å². The van der Waals surface area contributed by atoms with Crippen LogP contribution in [0.25, 0.3) is 0 Å². The first-order valence-corrected chi connectivity index (χ1v) is 7.03. The van der Waals surface area contributed by atoms with E-state index in [2.05, 4.69) is 26.8 Å². The molecule has 1 rings (SSSR count). The Bertz CT molecular complexity index is 327. The van der Waals surface area contributed by atoms with E-state index in [1.165, 1.54) is 0 Å². The Labute approximate surface area is 108 Å². The number of hydrogen-bond donors (Lipinski definition) is 1. The topological polar surface area (TPSA) is 26.0 Å². The van der Waals surface area contributed by atoms with Gasteiger partial charge in [-0.3, -0.25) is 0 Å². The van der Waals surface area contributed by atoms with Gasteiger partial charge < -0.3 is 5.73 Å². The predicted octanol–water partition coefficient (Wildman–Crippen LogP) is 4.26. The zero-order valence-electron chi connectivity index (χ0n) is 10.1. The molecule has 0 saturated heterocycles. The molecule has 0 saturated carbocycles. The van der Waals surface area contributed by atoms with E-state index < -0.39 is 0 Å². The predicted molar refractivity (Wildman–Crippen MR) is 75.2 cm³/mol. The Morgan fingerprint density at radius 1 is 1.31 bits per heavy atom. The highest BCUT2D eigenvalue weighted by molar-refractivity contribution is 8.00. The molecule has 0 aliphatic heterocycles. The van der Waals surface area contributed by atoms with E-state index in [9.17, 15) is 0 Å². The summed E-state index contributed by atoms with van der Waals surface area (Å²) in [6, 6.07) is 8.16. The summed E-state index contributed by atoms with van der Waals surface area (Å²) in [4.78, 5) is 0. The third kappa shape index (κ3) is 3.69. The monoisotopic (exact) mass is 257 g/mol. The normalized spacial score (nSPS) is 15.1. The number of hydrogen-bond acceptors (Lipinski definition) is 2. The van der Waals surface area contributed by atoms with Gasteiger partial charge in [0.05, 0.1) is 0 Å². The molecule has 0 aromatic heterocycles. The van der Waals surface area contributed by atoms with Gasteiger partial charge in [0.2, 0.25) is 0 Å². The molecule has 0 aliphatic rings. The quantitative estimate of drug-likeness (QED) is 0.853. The van der Waals surface area contributed by atoms with Gasteiger partial charge in [0.1, 0.15) is 0 Å². The molecule has 3 heteroatoms. The van der Waals surface area contributed by atoms with E-state index in [0.29, 0.717) is 10.5 Å². The van der Waals surface area contributed by atoms with Crippen molar-refractivity contribution < 1.29 is 0 Å². The second kappa shape index (κ2) is 6.53. The molecule has 0 heterocycles. The van der Waals surface area contributed by atoms with Crippen LogP contribution in [0.1, 0.15) is 38.0 Å². The van der Waals surface area contributed by atoms with E-state index in [0.717, 1.165) is 17.0 Å². The molecule has 2 atom stereocenters. The van der Waals surface area contributed by atoms with Crippen LogP contribution in [-0.2, 0) is 0 Å². The SMILES string of the molecule is CCC(N)C(SC(C)C)c1ccccc1Cl. The minimum atomic E-state index is 0.160. The molecule has 0 spiro atoms. The van der Waals surface area contributed by atoms with Crippen molar-refractivity contribution in [1.82, 2.24) is 0 Å². The molecular weight excluding hydrogens is 238 g/mol. The summed E-state index contributed by atoms with van der Waals surface area (Å²) < 4.78 is 0. The molecule has 0 aliphatic carbocycles. The maximum atomic E-state index is 6.23. The Morgan fingerprint density at radius 2 is 1.94 bits per heavy atom. The molecule has 1 aromatic carbocycles. The summed E-state index contributed by atoms with van der Waals surface area (Å²) in [5, 5.41) is 1.67. The molecule has 0 fully saturated rings. The lowest BCUT2D eigenvalue weighted by Gasteiger charge is -2.25. The summed E-state index contributed by atoms with van der Waals surface area (Å²) in [6.07, 6.45) is 0.968. The molecule has 0 amide bonds. The smallest absolute Gasteiger partial charge is 0.0465 e. The molecule has 16 heavy (non-hydrogen) atoms. The van der Waals surface area contributed by atoms with Gasteiger partial charge >= 0.3 is 0 Å². The zero-order valence-corrected chi connectivity index (χ0v) is 11.7. The number of rotatable bonds is 5. The highest BCUT2D eigenvalue weighted by atomic mass is 35.5. The standard InChI is InChI=1S/C13H20ClNS/c1-4-12(15)13(16-9(2)3)10-7-5-6-8-11(10)14/h5-9,12-13H,4,15H2,1-3H3. The average Bonchev–Trinajstić information content (AvgIpc) is 2.26. The van der Waals surface area contributed by atoms with Crippen LogP contribution in [0.5, 0.6) is 0 Å². The second-order valence-electron chi connectivity index (χ2n) is 4.20. The Hall–Kier alpha value is -0.180. The van der Waals surface area contributed by atoms with Crippen molar-refractivity contribution in [3.63, 3.8) is 0 Å². The van der Waals surface area contributed by atoms with Crippen LogP contribution in [-0.4, -0.2) is 11.3 Å². The summed E-state index contributed by atoms with van der Waals surface area (Å²) in [5.74, 6) is 0. The molecule has 1 aromatic rings. The van der Waals surface area contributed by atoms with Gasteiger partial charge in [0.15, 0.2) is 0 Å². The molecule has 0 radical (unpaired) electrons. The van der Waals surface area contributed by atoms with Crippen LogP contribution < -0.4 is 5.73 Å². The van der Waals surface area contributed by atoms with Crippen LogP contribution in [0.4, 0.5) is 0 Å². The van der Waals surface area contributed by atoms with Crippen molar-refractivity contribution in [1.29, 1.82) is 0 Å². The Balaban J connectivity index is 2.96. The average molecular weight is 258 g/mol. The van der Waals surface area contributed by atoms with Gasteiger partial charge in [-0.2, -0.15) is 0 Å². The summed E-state index contributed by atoms with van der Waals surface area (Å²) >= 11 is 8.12. The lowest BCUT2D eigenvalue weighted by Crippen LogP contribution is -2.26. The highest BCUT2D eigenvalue weighted by Gasteiger charge is 2.22. The van der Waals surface area contributed by atoms with E-state index in [1.54, 1.807) is 0 Å². The fourth-order valence-corrected chi connectivity index (χ4v) is 3.27. The third-order valence-corrected chi connectivity index (χ3v) is 4.28. The molecule has 90 valence electrons. The zero-order chi connectivity index (χ0) is 12.1. The molecule has 1 nitrogen and oxygen atoms in total. The fraction of sp³-hybridized carbons (Fsp3) is 0.538. The first-order chi connectivity index (χ1) is 7.56. The number of thioether (sulfide) groups is 1. The maximum absolute atomic E-state index is 6.23. The third-order valence-electron chi connectivity index (χ3n) is 2.49. The van der Waals surface area contributed by atoms with Crippen molar-refractivity contribution >= 4 is 23.4 Å². The first kappa shape index (κ1) is 13.9.